The molecule has 0 saturated carbocycles. The molecule has 0 spiro atoms. The van der Waals surface area contributed by atoms with Crippen LogP contribution in [0.5, 0.6) is 0 Å². The normalized spacial score (nSPS) is 25.5. The van der Waals surface area contributed by atoms with Crippen LogP contribution in [0.4, 0.5) is 0 Å². The Hall–Kier alpha value is -6.53. The minimum atomic E-state index is -6.03. The Morgan fingerprint density at radius 1 is 0.520 bits per heavy atom. The van der Waals surface area contributed by atoms with Crippen LogP contribution in [0, 0.1) is 77.1 Å². The van der Waals surface area contributed by atoms with Crippen LogP contribution >= 0.6 is 39.4 Å². The first-order valence-corrected chi connectivity index (χ1v) is 49.6. The summed E-state index contributed by atoms with van der Waals surface area (Å²) in [4.78, 5) is 157. The van der Waals surface area contributed by atoms with E-state index in [0.717, 1.165) is 0 Å². The number of aromatic nitrogens is 8. The van der Waals surface area contributed by atoms with Crippen LogP contribution in [0.2, 0.25) is 36.3 Å². The van der Waals surface area contributed by atoms with Crippen molar-refractivity contribution in [3.05, 3.63) is 155 Å². The zero-order valence-electron chi connectivity index (χ0n) is 73.1. The molecule has 5 saturated heterocycles. The summed E-state index contributed by atoms with van der Waals surface area (Å²) < 4.78 is 107. The monoisotopic (exact) mass is 1930 g/mol. The third kappa shape index (κ3) is 32.8. The molecule has 0 aromatic carbocycles. The number of ether oxygens (including phenoxy) is 8. The summed E-state index contributed by atoms with van der Waals surface area (Å²) >= 11 is 3.01. The van der Waals surface area contributed by atoms with Gasteiger partial charge in [0.25, 0.3) is 51.6 Å². The molecule has 10 heterocycles. The second-order valence-corrected chi connectivity index (χ2v) is 46.3. The van der Waals surface area contributed by atoms with E-state index >= 15 is 0 Å². The molecule has 6 aliphatic heterocycles. The number of rotatable bonds is 26. The second-order valence-electron chi connectivity index (χ2n) is 31.8. The molecule has 1 amide bonds. The van der Waals surface area contributed by atoms with Crippen molar-refractivity contribution in [2.75, 3.05) is 58.2 Å². The van der Waals surface area contributed by atoms with Crippen LogP contribution < -0.4 is 94.6 Å². The maximum absolute atomic E-state index is 12.2. The number of nitrogens with one attached hydrogen (secondary N) is 5. The van der Waals surface area contributed by atoms with Gasteiger partial charge in [0.05, 0.1) is 68.9 Å². The van der Waals surface area contributed by atoms with Crippen molar-refractivity contribution in [1.29, 1.82) is 0 Å². The number of aryl methyl sites for hydroxylation is 4. The van der Waals surface area contributed by atoms with Gasteiger partial charge in [-0.2, -0.15) is 0 Å². The number of hydrogen-bond acceptors (Lipinski definition) is 33. The van der Waals surface area contributed by atoms with Crippen molar-refractivity contribution >= 4 is 61.9 Å². The first-order valence-electron chi connectivity index (χ1n) is 38.3. The van der Waals surface area contributed by atoms with Crippen molar-refractivity contribution in [3.63, 3.8) is 0 Å². The zero-order valence-corrected chi connectivity index (χ0v) is 80.4. The van der Waals surface area contributed by atoms with Gasteiger partial charge in [-0.05, 0) is 70.9 Å². The van der Waals surface area contributed by atoms with Crippen molar-refractivity contribution in [3.8, 4) is 49.4 Å². The van der Waals surface area contributed by atoms with Gasteiger partial charge in [0, 0.05) is 90.9 Å². The van der Waals surface area contributed by atoms with Crippen LogP contribution in [0.15, 0.2) is 87.3 Å². The van der Waals surface area contributed by atoms with E-state index in [4.69, 9.17) is 82.4 Å². The number of halogens is 1. The second kappa shape index (κ2) is 48.4. The van der Waals surface area contributed by atoms with Crippen LogP contribution in [-0.2, 0) is 78.4 Å². The number of carbonyl (C=O) groups is 1. The van der Waals surface area contributed by atoms with Gasteiger partial charge >= 0.3 is 52.3 Å². The number of amides is 1. The molecule has 43 nitrogen and oxygen atoms in total. The topological polar surface area (TPSA) is 593 Å². The van der Waals surface area contributed by atoms with E-state index < -0.39 is 166 Å². The summed E-state index contributed by atoms with van der Waals surface area (Å²) in [6.45, 7) is 32.7. The summed E-state index contributed by atoms with van der Waals surface area (Å²) in [6.07, 6.45) is 19.6. The van der Waals surface area contributed by atoms with Crippen molar-refractivity contribution < 1.29 is 149 Å². The number of phosphoric ester groups is 1. The van der Waals surface area contributed by atoms with E-state index in [9.17, 15) is 86.8 Å². The van der Waals surface area contributed by atoms with Gasteiger partial charge in [-0.15, -0.1) is 25.7 Å². The molecular weight excluding hydrogens is 1820 g/mol. The summed E-state index contributed by atoms with van der Waals surface area (Å²) in [5.74, 6) is 9.19. The van der Waals surface area contributed by atoms with Gasteiger partial charge < -0.3 is 103 Å². The number of phosphoric acid groups is 3. The van der Waals surface area contributed by atoms with Gasteiger partial charge in [-0.1, -0.05) is 87.7 Å². The average Bonchev–Trinajstić information content (AvgIpc) is 1.60. The summed E-state index contributed by atoms with van der Waals surface area (Å²) in [5.41, 5.74) is -1.86. The molecule has 125 heavy (non-hydrogen) atoms. The molecular formula is C75H110BrN10NaO33P3Si2-3. The van der Waals surface area contributed by atoms with E-state index in [2.05, 4.69) is 152 Å². The molecule has 4 aromatic rings. The molecule has 10 rings (SSSR count). The Morgan fingerprint density at radius 3 is 1.18 bits per heavy atom. The summed E-state index contributed by atoms with van der Waals surface area (Å²) in [6, 6.07) is 0. The predicted molar refractivity (Wildman–Crippen MR) is 450 cm³/mol. The maximum atomic E-state index is 12.2. The summed E-state index contributed by atoms with van der Waals surface area (Å²) in [7, 11) is -21.5. The molecule has 4 aromatic heterocycles. The first-order chi connectivity index (χ1) is 57.5. The maximum Gasteiger partial charge on any atom is 1.00 e. The number of terminal acetylenes is 4. The first kappa shape index (κ1) is 111. The fraction of sp³-hybridized carbons (Fsp3) is 0.613. The van der Waals surface area contributed by atoms with Gasteiger partial charge in [0.2, 0.25) is 0 Å². The molecule has 0 radical (unpaired) electrons. The van der Waals surface area contributed by atoms with E-state index in [-0.39, 0.29) is 123 Å². The number of H-pyrrole nitrogens is 4. The van der Waals surface area contributed by atoms with Gasteiger partial charge in [0.1, 0.15) is 87.3 Å². The van der Waals surface area contributed by atoms with E-state index in [1.165, 1.54) is 61.1 Å². The smallest absolute Gasteiger partial charge is 1.00 e. The van der Waals surface area contributed by atoms with Crippen molar-refractivity contribution in [2.45, 2.75) is 237 Å². The Bertz CT molecular complexity index is 5230. The fourth-order valence-electron chi connectivity index (χ4n) is 11.7. The predicted octanol–water partition coefficient (Wildman–Crippen LogP) is -2.18. The molecule has 6 aliphatic rings. The molecule has 50 heteroatoms. The zero-order chi connectivity index (χ0) is 93.7. The summed E-state index contributed by atoms with van der Waals surface area (Å²) in [5, 5.41) is 41.3. The third-order valence-corrected chi connectivity index (χ3v) is 33.6. The number of hydrogen-bond donors (Lipinski definition) is 10. The number of aromatic amines is 4. The van der Waals surface area contributed by atoms with Crippen LogP contribution in [0.3, 0.4) is 0 Å². The van der Waals surface area contributed by atoms with Gasteiger partial charge in [-0.3, -0.25) is 75.9 Å². The number of carbonyl (C=O) groups excluding carboxylic acids is 1. The third-order valence-electron chi connectivity index (χ3n) is 20.6. The Morgan fingerprint density at radius 2 is 0.832 bits per heavy atom. The molecule has 0 aliphatic carbocycles. The van der Waals surface area contributed by atoms with Crippen molar-refractivity contribution in [1.82, 2.24) is 48.4 Å². The Kier molecular flexibility index (Phi) is 42.9. The number of alkyl halides is 1. The quantitative estimate of drug-likeness (QED) is 0.0138. The average molecular weight is 1930 g/mol. The van der Waals surface area contributed by atoms with Crippen LogP contribution in [0.25, 0.3) is 0 Å². The van der Waals surface area contributed by atoms with Crippen molar-refractivity contribution in [2.24, 2.45) is 0 Å². The van der Waals surface area contributed by atoms with E-state index in [1.54, 1.807) is 27.7 Å². The number of aliphatic hydroxyl groups is 4. The standard InChI is InChI=1S/C19H30N2O5Si.C16H28N2O5Si.C14H21N2O13P3.C13H16N2O5.C10H14N2O5.C3H3Br.Na.H/c1-8-9-24-14-10-16(21-11-13(2)17(22)20-18(21)23)26-15(14)12-25-27(6,7)19(3,4)5;1-10-8-18(15(21)17-14(10)20)13-7-11(19)12(23-13)9-22-24(5,6)16(2,3)4;1-4-5-25-11-6-13(16-7-9(2)14(17)15-10(16)3)27-12(11)8-26-31(21,22)29-32(23,24)28-30(18,19)20;1-3-4-19-9-5-11(20-10(9)7-16)15-6-8(2)12(17)14-13(15)18;1-5-3-12(10(16)11-9(5)15)8-2-6(14)7(4-13)17-8;1-2-3-4;;/h1,11,14-16H,9-10,12H2,2-7H3,(H,20,22,23);8,11-13,19H,7,9H2,1-6H3,(H,17,20,21);1,7,11-13H,3,5-6,8H2,2H3,(H,15,17)(H,21,22)(H,23,24)(H2,18,19,20);1,6,9-11,16H,4-5,7H2,2H3,(H,14,17,18);3,6-8,13-14H,2,4H2,1H3,(H,11,15,16);1H,3H2;;/q;;;;;;+1;-1/p-3/t14?,15-,16-;2*11?,12-,13-;9?,10-,11-;6?,7-,8-;;;/m11111.../s1. The molecule has 8 unspecified atom stereocenters. The molecule has 0 bridgehead atoms. The number of nitrogens with zero attached hydrogens (tertiary/aromatic N) is 5. The SMILES string of the molecule is C#CCBr.C#CCOC1C[C@H](N2C=C(C)C(=O)NC2=C)O[C@@H]1COP(=O)([O-])OP(=O)([O-])OP(=O)([O-])O.C#CCOC1C[C@H](n2cc(C)c(=O)[nH]c2=O)O[C@@H]1CO.C#CCOC1C[C@H](n2cc(C)c(=O)[nH]c2=O)O[C@@H]1CO[Si](C)(C)C(C)(C)C.Cc1cn([C@H]2CC(O)[C@@H](CO)O2)c(=O)[nH]c1=O.Cc1cn([C@H]2CC(O)[C@@H](CO[Si](C)(C)C(C)(C)C)O2)c(=O)[nH]c1=O.[H-].[Na+]. The van der Waals surface area contributed by atoms with Crippen LogP contribution in [-0.4, -0.2) is 216 Å². The molecule has 18 atom stereocenters. The van der Waals surface area contributed by atoms with E-state index in [1.807, 2.05) is 0 Å². The van der Waals surface area contributed by atoms with Gasteiger partial charge in [0.15, 0.2) is 16.6 Å². The minimum Gasteiger partial charge on any atom is -1.00 e. The molecule has 5 fully saturated rings. The van der Waals surface area contributed by atoms with Gasteiger partial charge in [-0.25, -0.2) is 27.8 Å². The largest absolute Gasteiger partial charge is 1.00 e. The fourth-order valence-corrected chi connectivity index (χ4v) is 16.6. The van der Waals surface area contributed by atoms with E-state index in [0.29, 0.717) is 59.2 Å². The van der Waals surface area contributed by atoms with Crippen LogP contribution in [0.1, 0.15) is 129 Å². The molecule has 10 N–H and O–H groups in total. The Balaban J connectivity index is 0.000000405. The molecule has 692 valence electrons. The Labute approximate surface area is 753 Å². The minimum absolute atomic E-state index is 0. The number of aliphatic hydroxyl groups excluding tert-OH is 4.